The second-order valence-corrected chi connectivity index (χ2v) is 29.0. The first-order valence-electron chi connectivity index (χ1n) is 30.3. The third kappa shape index (κ3) is 8.10. The van der Waals surface area contributed by atoms with Gasteiger partial charge in [0, 0.05) is 21.7 Å². The summed E-state index contributed by atoms with van der Waals surface area (Å²) in [5, 5.41) is 0. The molecule has 4 aliphatic rings. The number of hydrogen-bond acceptors (Lipinski definition) is 2. The van der Waals surface area contributed by atoms with Crippen LogP contribution >= 0.6 is 0 Å². The van der Waals surface area contributed by atoms with Gasteiger partial charge in [-0.1, -0.05) is 194 Å². The molecular weight excluding hydrogens is 1020 g/mol. The summed E-state index contributed by atoms with van der Waals surface area (Å²) >= 11 is 0. The molecule has 10 aromatic rings. The molecule has 0 amide bonds. The third-order valence-corrected chi connectivity index (χ3v) is 20.4. The van der Waals surface area contributed by atoms with Crippen molar-refractivity contribution in [3.05, 3.63) is 238 Å². The first-order valence-corrected chi connectivity index (χ1v) is 30.3. The van der Waals surface area contributed by atoms with Crippen molar-refractivity contribution in [1.29, 1.82) is 0 Å². The van der Waals surface area contributed by atoms with Gasteiger partial charge in [0.25, 0.3) is 0 Å². The van der Waals surface area contributed by atoms with E-state index >= 15 is 0 Å². The molecule has 0 fully saturated rings. The molecule has 0 atom stereocenters. The smallest absolute Gasteiger partial charge is 0.119 e. The Balaban J connectivity index is 0.971. The second-order valence-electron chi connectivity index (χ2n) is 29.0. The molecule has 0 aliphatic heterocycles. The number of fused-ring (bicyclic) bond motifs is 12. The molecule has 0 aromatic heterocycles. The number of benzene rings is 10. The maximum Gasteiger partial charge on any atom is 0.119 e. The van der Waals surface area contributed by atoms with Crippen LogP contribution in [-0.4, -0.2) is 14.2 Å². The minimum absolute atomic E-state index is 0.0541. The predicted molar refractivity (Wildman–Crippen MR) is 354 cm³/mol. The topological polar surface area (TPSA) is 18.5 Å². The van der Waals surface area contributed by atoms with E-state index < -0.39 is 0 Å². The van der Waals surface area contributed by atoms with Crippen LogP contribution in [0.1, 0.15) is 153 Å². The van der Waals surface area contributed by atoms with Crippen molar-refractivity contribution in [3.63, 3.8) is 0 Å². The predicted octanol–water partition coefficient (Wildman–Crippen LogP) is 21.9. The second kappa shape index (κ2) is 18.2. The first kappa shape index (κ1) is 53.8. The Bertz CT molecular complexity index is 4170. The average molecular weight is 1100 g/mol. The van der Waals surface area contributed by atoms with E-state index in [0.29, 0.717) is 0 Å². The van der Waals surface area contributed by atoms with E-state index in [1.807, 2.05) is 0 Å². The van der Waals surface area contributed by atoms with Crippen LogP contribution in [0.4, 0.5) is 0 Å². The Morgan fingerprint density at radius 1 is 0.226 bits per heavy atom. The number of ether oxygens (including phenoxy) is 2. The zero-order valence-corrected chi connectivity index (χ0v) is 52.1. The van der Waals surface area contributed by atoms with Gasteiger partial charge in [0.2, 0.25) is 0 Å². The lowest BCUT2D eigenvalue weighted by atomic mass is 9.78. The van der Waals surface area contributed by atoms with Crippen LogP contribution < -0.4 is 9.47 Å². The summed E-state index contributed by atoms with van der Waals surface area (Å²) < 4.78 is 11.6. The largest absolute Gasteiger partial charge is 0.497 e. The van der Waals surface area contributed by atoms with Crippen LogP contribution in [0, 0.1) is 0 Å². The molecule has 0 heterocycles. The summed E-state index contributed by atoms with van der Waals surface area (Å²) in [5.41, 5.74) is 35.4. The highest BCUT2D eigenvalue weighted by Crippen LogP contribution is 2.56. The van der Waals surface area contributed by atoms with Crippen LogP contribution in [0.15, 0.2) is 182 Å². The molecule has 10 aromatic carbocycles. The Morgan fingerprint density at radius 3 is 0.667 bits per heavy atom. The monoisotopic (exact) mass is 1090 g/mol. The normalized spacial score (nSPS) is 15.8. The Hall–Kier alpha value is -8.20. The first-order chi connectivity index (χ1) is 39.7. The van der Waals surface area contributed by atoms with Crippen molar-refractivity contribution in [1.82, 2.24) is 0 Å². The van der Waals surface area contributed by atoms with Gasteiger partial charge in [-0.05, 0) is 252 Å². The molecule has 4 aliphatic carbocycles. The molecule has 0 saturated heterocycles. The van der Waals surface area contributed by atoms with Crippen LogP contribution in [0.25, 0.3) is 100 Å². The summed E-state index contributed by atoms with van der Waals surface area (Å²) in [7, 11) is 3.53. The Morgan fingerprint density at radius 2 is 0.429 bits per heavy atom. The molecule has 0 unspecified atom stereocenters. The molecule has 0 N–H and O–H groups in total. The summed E-state index contributed by atoms with van der Waals surface area (Å²) in [5.74, 6) is 1.78. The van der Waals surface area contributed by atoms with Crippen molar-refractivity contribution < 1.29 is 9.47 Å². The van der Waals surface area contributed by atoms with Crippen LogP contribution in [0.2, 0.25) is 0 Å². The van der Waals surface area contributed by atoms with Crippen molar-refractivity contribution in [2.45, 2.75) is 129 Å². The van der Waals surface area contributed by atoms with Gasteiger partial charge in [0.1, 0.15) is 11.5 Å². The maximum absolute atomic E-state index is 5.79. The average Bonchev–Trinajstić information content (AvgIpc) is 1.90. The van der Waals surface area contributed by atoms with E-state index in [0.717, 1.165) is 11.5 Å². The molecule has 2 nitrogen and oxygen atoms in total. The molecule has 418 valence electrons. The Labute approximate surface area is 499 Å². The highest BCUT2D eigenvalue weighted by Gasteiger charge is 2.41. The van der Waals surface area contributed by atoms with Gasteiger partial charge in [0.15, 0.2) is 0 Å². The standard InChI is InChI=1S/C82H78O2/c1-77(2,3)57-21-29-65-61-25-17-47(39-69(61)79(7,8)73(65)43-57)51-33-53(49-19-27-63-67-31-23-59(83-15)45-75(67)81(11,12)71(63)41-49)37-55(35-51)56-36-52(48-18-26-62-66-30-22-58(78(4,5)6)44-74(66)80(9,10)70(62)40-48)34-54(38-56)50-20-28-64-68-32-24-60(84-16)46-76(68)82(13,14)72(64)42-50/h17-46H,1-16H3. The molecule has 0 bridgehead atoms. The van der Waals surface area contributed by atoms with Gasteiger partial charge in [-0.15, -0.1) is 0 Å². The van der Waals surface area contributed by atoms with Crippen LogP contribution in [0.3, 0.4) is 0 Å². The van der Waals surface area contributed by atoms with Gasteiger partial charge in [-0.2, -0.15) is 0 Å². The fraction of sp³-hybridized carbons (Fsp3) is 0.268. The van der Waals surface area contributed by atoms with Crippen molar-refractivity contribution >= 4 is 0 Å². The molecule has 2 heteroatoms. The number of hydrogen-bond donors (Lipinski definition) is 0. The Kier molecular flexibility index (Phi) is 11.6. The van der Waals surface area contributed by atoms with E-state index in [9.17, 15) is 0 Å². The number of methoxy groups -OCH3 is 2. The molecule has 14 rings (SSSR count). The van der Waals surface area contributed by atoms with Crippen LogP contribution in [0.5, 0.6) is 11.5 Å². The summed E-state index contributed by atoms with van der Waals surface area (Å²) in [6, 6.07) is 71.1. The van der Waals surface area contributed by atoms with Crippen molar-refractivity contribution in [3.8, 4) is 112 Å². The molecule has 0 spiro atoms. The minimum atomic E-state index is -0.217. The number of rotatable bonds is 7. The van der Waals surface area contributed by atoms with E-state index in [-0.39, 0.29) is 32.5 Å². The molecular formula is C82H78O2. The van der Waals surface area contributed by atoms with E-state index in [1.165, 1.54) is 156 Å². The lowest BCUT2D eigenvalue weighted by Crippen LogP contribution is -2.17. The fourth-order valence-corrected chi connectivity index (χ4v) is 15.1. The molecule has 0 saturated carbocycles. The van der Waals surface area contributed by atoms with Crippen molar-refractivity contribution in [2.75, 3.05) is 14.2 Å². The van der Waals surface area contributed by atoms with Gasteiger partial charge in [-0.3, -0.25) is 0 Å². The molecule has 0 radical (unpaired) electrons. The summed E-state index contributed by atoms with van der Waals surface area (Å²) in [6.45, 7) is 33.0. The summed E-state index contributed by atoms with van der Waals surface area (Å²) in [4.78, 5) is 0. The van der Waals surface area contributed by atoms with Crippen LogP contribution in [-0.2, 0) is 32.5 Å². The van der Waals surface area contributed by atoms with Gasteiger partial charge in [-0.25, -0.2) is 0 Å². The SMILES string of the molecule is COc1ccc2c(c1)C(C)(C)c1cc(-c3cc(-c4cc(-c5ccc6c(c5)C(C)(C)c5cc(OC)ccc5-6)cc(-c5ccc6c(c5)C(C)(C)c5cc(C(C)(C)C)ccc5-6)c4)cc(-c4ccc5c(c4)C(C)(C)c4cc(C(C)(C)C)ccc4-5)c3)ccc1-2. The van der Waals surface area contributed by atoms with E-state index in [2.05, 4.69) is 279 Å². The summed E-state index contributed by atoms with van der Waals surface area (Å²) in [6.07, 6.45) is 0. The van der Waals surface area contributed by atoms with Gasteiger partial charge in [0.05, 0.1) is 14.2 Å². The highest BCUT2D eigenvalue weighted by molar-refractivity contribution is 5.93. The molecule has 84 heavy (non-hydrogen) atoms. The zero-order chi connectivity index (χ0) is 58.9. The lowest BCUT2D eigenvalue weighted by molar-refractivity contribution is 0.413. The fourth-order valence-electron chi connectivity index (χ4n) is 15.1. The van der Waals surface area contributed by atoms with Gasteiger partial charge >= 0.3 is 0 Å². The lowest BCUT2D eigenvalue weighted by Gasteiger charge is -2.25. The quantitative estimate of drug-likeness (QED) is 0.158. The van der Waals surface area contributed by atoms with E-state index in [4.69, 9.17) is 9.47 Å². The van der Waals surface area contributed by atoms with Gasteiger partial charge < -0.3 is 9.47 Å². The maximum atomic E-state index is 5.79. The van der Waals surface area contributed by atoms with Crippen molar-refractivity contribution in [2.24, 2.45) is 0 Å². The minimum Gasteiger partial charge on any atom is -0.497 e. The zero-order valence-electron chi connectivity index (χ0n) is 52.1. The highest BCUT2D eigenvalue weighted by atomic mass is 16.5. The van der Waals surface area contributed by atoms with E-state index in [1.54, 1.807) is 14.2 Å². The third-order valence-electron chi connectivity index (χ3n) is 20.4.